The first kappa shape index (κ1) is 14.0. The van der Waals surface area contributed by atoms with E-state index < -0.39 is 0 Å². The van der Waals surface area contributed by atoms with Crippen LogP contribution in [-0.2, 0) is 0 Å². The van der Waals surface area contributed by atoms with Crippen molar-refractivity contribution in [3.05, 3.63) is 0 Å². The quantitative estimate of drug-likeness (QED) is 0.738. The van der Waals surface area contributed by atoms with Crippen molar-refractivity contribution in [2.24, 2.45) is 17.3 Å². The zero-order valence-corrected chi connectivity index (χ0v) is 12.0. The van der Waals surface area contributed by atoms with Gasteiger partial charge in [-0.15, -0.1) is 0 Å². The van der Waals surface area contributed by atoms with Crippen LogP contribution in [0.5, 0.6) is 0 Å². The van der Waals surface area contributed by atoms with E-state index in [1.807, 2.05) is 0 Å². The summed E-state index contributed by atoms with van der Waals surface area (Å²) in [6.45, 7) is 9.63. The highest BCUT2D eigenvalue weighted by molar-refractivity contribution is 4.92. The molecule has 2 unspecified atom stereocenters. The van der Waals surface area contributed by atoms with E-state index in [-0.39, 0.29) is 0 Å². The Morgan fingerprint density at radius 1 is 1.19 bits per heavy atom. The Bertz CT molecular complexity index is 194. The van der Waals surface area contributed by atoms with Crippen LogP contribution in [0, 0.1) is 17.3 Å². The maximum absolute atomic E-state index is 3.63. The summed E-state index contributed by atoms with van der Waals surface area (Å²) in [6.07, 6.45) is 8.34. The Hall–Kier alpha value is -0.0400. The highest BCUT2D eigenvalue weighted by atomic mass is 14.9. The molecule has 96 valence electrons. The van der Waals surface area contributed by atoms with Crippen molar-refractivity contribution < 1.29 is 0 Å². The van der Waals surface area contributed by atoms with Gasteiger partial charge in [-0.1, -0.05) is 53.4 Å². The van der Waals surface area contributed by atoms with Gasteiger partial charge in [0, 0.05) is 6.04 Å². The van der Waals surface area contributed by atoms with Crippen LogP contribution in [0.3, 0.4) is 0 Å². The normalized spacial score (nSPS) is 27.0. The predicted molar refractivity (Wildman–Crippen MR) is 72.7 cm³/mol. The SMILES string of the molecule is CCC(CC)C(NC)C1CCCCC1(C)C. The summed E-state index contributed by atoms with van der Waals surface area (Å²) >= 11 is 0. The molecule has 0 bridgehead atoms. The molecule has 0 radical (unpaired) electrons. The standard InChI is InChI=1S/C15H31N/c1-6-12(7-2)14(16-5)13-10-8-9-11-15(13,3)4/h12-14,16H,6-11H2,1-5H3. The van der Waals surface area contributed by atoms with E-state index in [4.69, 9.17) is 0 Å². The van der Waals surface area contributed by atoms with E-state index in [1.54, 1.807) is 0 Å². The molecule has 0 amide bonds. The van der Waals surface area contributed by atoms with Crippen LogP contribution in [-0.4, -0.2) is 13.1 Å². The molecule has 16 heavy (non-hydrogen) atoms. The Morgan fingerprint density at radius 2 is 1.81 bits per heavy atom. The Balaban J connectivity index is 2.77. The molecule has 2 atom stereocenters. The third kappa shape index (κ3) is 3.00. The molecule has 0 spiro atoms. The van der Waals surface area contributed by atoms with Gasteiger partial charge in [0.2, 0.25) is 0 Å². The van der Waals surface area contributed by atoms with Gasteiger partial charge in [0.05, 0.1) is 0 Å². The first-order chi connectivity index (χ1) is 7.56. The van der Waals surface area contributed by atoms with Gasteiger partial charge in [-0.2, -0.15) is 0 Å². The van der Waals surface area contributed by atoms with E-state index in [9.17, 15) is 0 Å². The smallest absolute Gasteiger partial charge is 0.0125 e. The second-order valence-electron chi connectivity index (χ2n) is 6.23. The van der Waals surface area contributed by atoms with Crippen LogP contribution in [0.2, 0.25) is 0 Å². The largest absolute Gasteiger partial charge is 0.316 e. The van der Waals surface area contributed by atoms with E-state index in [0.29, 0.717) is 5.41 Å². The summed E-state index contributed by atoms with van der Waals surface area (Å²) in [5.41, 5.74) is 0.536. The molecule has 0 aliphatic heterocycles. The monoisotopic (exact) mass is 225 g/mol. The second-order valence-corrected chi connectivity index (χ2v) is 6.23. The molecule has 1 rings (SSSR count). The summed E-state index contributed by atoms with van der Waals surface area (Å²) < 4.78 is 0. The first-order valence-electron chi connectivity index (χ1n) is 7.24. The molecular formula is C15H31N. The van der Waals surface area contributed by atoms with E-state index >= 15 is 0 Å². The maximum Gasteiger partial charge on any atom is 0.0125 e. The fourth-order valence-corrected chi connectivity index (χ4v) is 3.75. The van der Waals surface area contributed by atoms with Crippen molar-refractivity contribution in [3.8, 4) is 0 Å². The molecule has 1 aliphatic rings. The van der Waals surface area contributed by atoms with E-state index in [1.165, 1.54) is 38.5 Å². The minimum absolute atomic E-state index is 0.536. The number of rotatable bonds is 5. The molecule has 1 fully saturated rings. The van der Waals surface area contributed by atoms with Gasteiger partial charge in [-0.25, -0.2) is 0 Å². The topological polar surface area (TPSA) is 12.0 Å². The number of hydrogen-bond acceptors (Lipinski definition) is 1. The summed E-state index contributed by atoms with van der Waals surface area (Å²) in [6, 6.07) is 0.727. The molecule has 1 saturated carbocycles. The molecule has 1 aliphatic carbocycles. The lowest BCUT2D eigenvalue weighted by molar-refractivity contribution is 0.0741. The molecule has 0 aromatic carbocycles. The van der Waals surface area contributed by atoms with Crippen LogP contribution >= 0.6 is 0 Å². The summed E-state index contributed by atoms with van der Waals surface area (Å²) in [5, 5.41) is 3.63. The van der Waals surface area contributed by atoms with Gasteiger partial charge in [-0.3, -0.25) is 0 Å². The molecule has 1 heteroatoms. The van der Waals surface area contributed by atoms with Crippen LogP contribution in [0.25, 0.3) is 0 Å². The van der Waals surface area contributed by atoms with Crippen LogP contribution in [0.15, 0.2) is 0 Å². The zero-order chi connectivity index (χ0) is 12.2. The molecule has 0 aromatic rings. The molecule has 0 heterocycles. The lowest BCUT2D eigenvalue weighted by atomic mass is 9.63. The Morgan fingerprint density at radius 3 is 2.25 bits per heavy atom. The van der Waals surface area contributed by atoms with Crippen molar-refractivity contribution >= 4 is 0 Å². The van der Waals surface area contributed by atoms with Crippen LogP contribution in [0.4, 0.5) is 0 Å². The minimum Gasteiger partial charge on any atom is -0.316 e. The van der Waals surface area contributed by atoms with Gasteiger partial charge in [0.25, 0.3) is 0 Å². The van der Waals surface area contributed by atoms with Gasteiger partial charge in [0.15, 0.2) is 0 Å². The predicted octanol–water partition coefficient (Wildman–Crippen LogP) is 4.23. The summed E-state index contributed by atoms with van der Waals surface area (Å²) in [4.78, 5) is 0. The maximum atomic E-state index is 3.63. The summed E-state index contributed by atoms with van der Waals surface area (Å²) in [7, 11) is 2.16. The highest BCUT2D eigenvalue weighted by Gasteiger charge is 2.38. The second kappa shape index (κ2) is 6.05. The average molecular weight is 225 g/mol. The fourth-order valence-electron chi connectivity index (χ4n) is 3.75. The van der Waals surface area contributed by atoms with Crippen molar-refractivity contribution in [1.29, 1.82) is 0 Å². The molecular weight excluding hydrogens is 194 g/mol. The average Bonchev–Trinajstić information content (AvgIpc) is 2.26. The molecule has 1 N–H and O–H groups in total. The fraction of sp³-hybridized carbons (Fsp3) is 1.00. The Kier molecular flexibility index (Phi) is 5.30. The third-order valence-corrected chi connectivity index (χ3v) is 4.91. The Labute approximate surface area is 102 Å². The lowest BCUT2D eigenvalue weighted by Gasteiger charge is -2.45. The molecule has 0 saturated heterocycles. The highest BCUT2D eigenvalue weighted by Crippen LogP contribution is 2.44. The van der Waals surface area contributed by atoms with Crippen LogP contribution < -0.4 is 5.32 Å². The van der Waals surface area contributed by atoms with Gasteiger partial charge < -0.3 is 5.32 Å². The number of nitrogens with one attached hydrogen (secondary N) is 1. The van der Waals surface area contributed by atoms with Gasteiger partial charge in [0.1, 0.15) is 0 Å². The van der Waals surface area contributed by atoms with Crippen molar-refractivity contribution in [1.82, 2.24) is 5.32 Å². The zero-order valence-electron chi connectivity index (χ0n) is 12.0. The minimum atomic E-state index is 0.536. The van der Waals surface area contributed by atoms with E-state index in [2.05, 4.69) is 40.1 Å². The lowest BCUT2D eigenvalue weighted by Crippen LogP contribution is -2.47. The summed E-state index contributed by atoms with van der Waals surface area (Å²) in [5.74, 6) is 1.73. The van der Waals surface area contributed by atoms with Gasteiger partial charge >= 0.3 is 0 Å². The van der Waals surface area contributed by atoms with Gasteiger partial charge in [-0.05, 0) is 37.1 Å². The molecule has 1 nitrogen and oxygen atoms in total. The van der Waals surface area contributed by atoms with E-state index in [0.717, 1.165) is 17.9 Å². The first-order valence-corrected chi connectivity index (χ1v) is 7.24. The van der Waals surface area contributed by atoms with Crippen molar-refractivity contribution in [3.63, 3.8) is 0 Å². The van der Waals surface area contributed by atoms with Crippen molar-refractivity contribution in [2.75, 3.05) is 7.05 Å². The van der Waals surface area contributed by atoms with Crippen LogP contribution in [0.1, 0.15) is 66.2 Å². The third-order valence-electron chi connectivity index (χ3n) is 4.91. The van der Waals surface area contributed by atoms with Crippen molar-refractivity contribution in [2.45, 2.75) is 72.3 Å². The molecule has 0 aromatic heterocycles. The number of hydrogen-bond donors (Lipinski definition) is 1.